The lowest BCUT2D eigenvalue weighted by Crippen LogP contribution is -2.36. The van der Waals surface area contributed by atoms with Crippen LogP contribution >= 0.6 is 11.3 Å². The molecule has 2 aromatic heterocycles. The summed E-state index contributed by atoms with van der Waals surface area (Å²) in [4.78, 5) is 8.92. The average Bonchev–Trinajstić information content (AvgIpc) is 3.23. The van der Waals surface area contributed by atoms with E-state index in [0.717, 1.165) is 23.6 Å². The molecule has 140 valence electrons. The Morgan fingerprint density at radius 1 is 1.07 bits per heavy atom. The molecular formula is C21H24N4OS. The van der Waals surface area contributed by atoms with E-state index in [0.29, 0.717) is 25.6 Å². The molecule has 0 bridgehead atoms. The minimum atomic E-state index is 0.509. The Hall–Kier alpha value is -2.86. The van der Waals surface area contributed by atoms with Crippen molar-refractivity contribution < 1.29 is 4.74 Å². The van der Waals surface area contributed by atoms with Crippen molar-refractivity contribution in [3.05, 3.63) is 82.2 Å². The van der Waals surface area contributed by atoms with Crippen molar-refractivity contribution in [3.63, 3.8) is 0 Å². The molecular weight excluding hydrogens is 356 g/mol. The molecule has 3 aromatic rings. The molecule has 0 radical (unpaired) electrons. The summed E-state index contributed by atoms with van der Waals surface area (Å²) in [7, 11) is 0. The van der Waals surface area contributed by atoms with Crippen molar-refractivity contribution in [1.82, 2.24) is 15.6 Å². The number of aliphatic imine (C=N–C) groups is 1. The Balaban J connectivity index is 1.55. The van der Waals surface area contributed by atoms with E-state index in [9.17, 15) is 0 Å². The largest absolute Gasteiger partial charge is 0.473 e. The number of thiophene rings is 1. The Labute approximate surface area is 164 Å². The van der Waals surface area contributed by atoms with Gasteiger partial charge >= 0.3 is 0 Å². The summed E-state index contributed by atoms with van der Waals surface area (Å²) in [5, 5.41) is 10.8. The second-order valence-corrected chi connectivity index (χ2v) is 6.74. The quantitative estimate of drug-likeness (QED) is 0.458. The number of benzene rings is 1. The Morgan fingerprint density at radius 3 is 2.74 bits per heavy atom. The SMILES string of the molecule is CCNC(=NCc1ccsc1)NCc1ccnc(OCc2ccccc2)c1. The normalized spacial score (nSPS) is 11.2. The first kappa shape index (κ1) is 18.9. The van der Waals surface area contributed by atoms with Crippen molar-refractivity contribution in [2.45, 2.75) is 26.6 Å². The highest BCUT2D eigenvalue weighted by Crippen LogP contribution is 2.12. The molecule has 0 aliphatic heterocycles. The van der Waals surface area contributed by atoms with Crippen molar-refractivity contribution in [3.8, 4) is 5.88 Å². The molecule has 6 heteroatoms. The zero-order valence-corrected chi connectivity index (χ0v) is 16.2. The zero-order chi connectivity index (χ0) is 18.7. The summed E-state index contributed by atoms with van der Waals surface area (Å²) in [5.41, 5.74) is 3.43. The van der Waals surface area contributed by atoms with E-state index >= 15 is 0 Å². The van der Waals surface area contributed by atoms with Crippen LogP contribution in [0.25, 0.3) is 0 Å². The summed E-state index contributed by atoms with van der Waals surface area (Å²) in [6.07, 6.45) is 1.77. The number of ether oxygens (including phenoxy) is 1. The van der Waals surface area contributed by atoms with Crippen molar-refractivity contribution >= 4 is 17.3 Å². The maximum Gasteiger partial charge on any atom is 0.213 e. The van der Waals surface area contributed by atoms with Crippen LogP contribution in [0.15, 0.2) is 70.5 Å². The van der Waals surface area contributed by atoms with E-state index < -0.39 is 0 Å². The smallest absolute Gasteiger partial charge is 0.213 e. The van der Waals surface area contributed by atoms with Gasteiger partial charge < -0.3 is 15.4 Å². The molecule has 27 heavy (non-hydrogen) atoms. The van der Waals surface area contributed by atoms with Crippen LogP contribution in [0.3, 0.4) is 0 Å². The molecule has 2 heterocycles. The highest BCUT2D eigenvalue weighted by molar-refractivity contribution is 7.07. The van der Waals surface area contributed by atoms with Gasteiger partial charge in [0.2, 0.25) is 5.88 Å². The van der Waals surface area contributed by atoms with E-state index in [1.807, 2.05) is 42.5 Å². The lowest BCUT2D eigenvalue weighted by atomic mass is 10.2. The molecule has 1 aromatic carbocycles. The van der Waals surface area contributed by atoms with Crippen molar-refractivity contribution in [1.29, 1.82) is 0 Å². The molecule has 0 amide bonds. The van der Waals surface area contributed by atoms with Crippen LogP contribution in [0.1, 0.15) is 23.6 Å². The predicted octanol–water partition coefficient (Wildman–Crippen LogP) is 3.98. The van der Waals surface area contributed by atoms with Gasteiger partial charge in [-0.15, -0.1) is 0 Å². The Bertz CT molecular complexity index is 834. The fraction of sp³-hybridized carbons (Fsp3) is 0.238. The number of hydrogen-bond acceptors (Lipinski definition) is 4. The van der Waals surface area contributed by atoms with E-state index in [1.54, 1.807) is 17.5 Å². The second-order valence-electron chi connectivity index (χ2n) is 5.96. The molecule has 0 aliphatic rings. The van der Waals surface area contributed by atoms with Gasteiger partial charge in [0.15, 0.2) is 5.96 Å². The summed E-state index contributed by atoms with van der Waals surface area (Å²) in [5.74, 6) is 1.42. The maximum atomic E-state index is 5.80. The van der Waals surface area contributed by atoms with Crippen molar-refractivity contribution in [2.24, 2.45) is 4.99 Å². The molecule has 0 saturated carbocycles. The third-order valence-electron chi connectivity index (χ3n) is 3.83. The van der Waals surface area contributed by atoms with Crippen LogP contribution in [0, 0.1) is 0 Å². The number of hydrogen-bond donors (Lipinski definition) is 2. The van der Waals surface area contributed by atoms with Crippen LogP contribution < -0.4 is 15.4 Å². The number of guanidine groups is 1. The molecule has 0 aliphatic carbocycles. The first-order valence-electron chi connectivity index (χ1n) is 8.98. The summed E-state index contributed by atoms with van der Waals surface area (Å²) < 4.78 is 5.80. The van der Waals surface area contributed by atoms with Gasteiger partial charge in [0.1, 0.15) is 6.61 Å². The lowest BCUT2D eigenvalue weighted by molar-refractivity contribution is 0.293. The Kier molecular flexibility index (Phi) is 7.24. The van der Waals surface area contributed by atoms with Gasteiger partial charge in [0.05, 0.1) is 6.54 Å². The third-order valence-corrected chi connectivity index (χ3v) is 4.56. The van der Waals surface area contributed by atoms with E-state index in [1.165, 1.54) is 5.56 Å². The van der Waals surface area contributed by atoms with Gasteiger partial charge in [-0.3, -0.25) is 0 Å². The molecule has 3 rings (SSSR count). The minimum absolute atomic E-state index is 0.509. The molecule has 0 atom stereocenters. The number of aromatic nitrogens is 1. The topological polar surface area (TPSA) is 58.5 Å². The molecule has 0 unspecified atom stereocenters. The fourth-order valence-electron chi connectivity index (χ4n) is 2.45. The first-order valence-corrected chi connectivity index (χ1v) is 9.92. The van der Waals surface area contributed by atoms with Gasteiger partial charge in [0, 0.05) is 25.4 Å². The van der Waals surface area contributed by atoms with Crippen LogP contribution in [0.4, 0.5) is 0 Å². The van der Waals surface area contributed by atoms with Crippen molar-refractivity contribution in [2.75, 3.05) is 6.54 Å². The van der Waals surface area contributed by atoms with E-state index in [4.69, 9.17) is 4.74 Å². The summed E-state index contributed by atoms with van der Waals surface area (Å²) in [6, 6.07) is 16.1. The van der Waals surface area contributed by atoms with Crippen LogP contribution in [-0.4, -0.2) is 17.5 Å². The monoisotopic (exact) mass is 380 g/mol. The molecule has 0 spiro atoms. The van der Waals surface area contributed by atoms with Gasteiger partial charge in [-0.1, -0.05) is 30.3 Å². The molecule has 2 N–H and O–H groups in total. The molecule has 0 fully saturated rings. The first-order chi connectivity index (χ1) is 13.3. The van der Waals surface area contributed by atoms with Gasteiger partial charge in [-0.2, -0.15) is 11.3 Å². The standard InChI is InChI=1S/C21H24N4OS/c1-2-22-21(25-14-19-9-11-27-16-19)24-13-18-8-10-23-20(12-18)26-15-17-6-4-3-5-7-17/h3-12,16H,2,13-15H2,1H3,(H2,22,24,25). The van der Waals surface area contributed by atoms with Crippen LogP contribution in [0.5, 0.6) is 5.88 Å². The number of nitrogens with zero attached hydrogens (tertiary/aromatic N) is 2. The average molecular weight is 381 g/mol. The zero-order valence-electron chi connectivity index (χ0n) is 15.4. The lowest BCUT2D eigenvalue weighted by Gasteiger charge is -2.12. The predicted molar refractivity (Wildman–Crippen MR) is 111 cm³/mol. The van der Waals surface area contributed by atoms with Gasteiger partial charge in [-0.05, 0) is 46.5 Å². The van der Waals surface area contributed by atoms with Gasteiger partial charge in [-0.25, -0.2) is 9.98 Å². The third kappa shape index (κ3) is 6.42. The highest BCUT2D eigenvalue weighted by atomic mass is 32.1. The van der Waals surface area contributed by atoms with E-state index in [2.05, 4.69) is 44.4 Å². The summed E-state index contributed by atoms with van der Waals surface area (Å²) in [6.45, 7) is 4.71. The van der Waals surface area contributed by atoms with E-state index in [-0.39, 0.29) is 0 Å². The number of rotatable bonds is 8. The highest BCUT2D eigenvalue weighted by Gasteiger charge is 2.02. The Morgan fingerprint density at radius 2 is 1.96 bits per heavy atom. The van der Waals surface area contributed by atoms with Gasteiger partial charge in [0.25, 0.3) is 0 Å². The van der Waals surface area contributed by atoms with Crippen LogP contribution in [0.2, 0.25) is 0 Å². The minimum Gasteiger partial charge on any atom is -0.473 e. The summed E-state index contributed by atoms with van der Waals surface area (Å²) >= 11 is 1.69. The number of pyridine rings is 1. The second kappa shape index (κ2) is 10.3. The maximum absolute atomic E-state index is 5.80. The number of nitrogens with one attached hydrogen (secondary N) is 2. The molecule has 5 nitrogen and oxygen atoms in total. The molecule has 0 saturated heterocycles. The van der Waals surface area contributed by atoms with Crippen LogP contribution in [-0.2, 0) is 19.7 Å². The fourth-order valence-corrected chi connectivity index (χ4v) is 3.11.